The number of hydrogen-bond acceptors (Lipinski definition) is 4. The zero-order valence-corrected chi connectivity index (χ0v) is 8.95. The first-order valence-corrected chi connectivity index (χ1v) is 5.24. The van der Waals surface area contributed by atoms with Crippen LogP contribution in [0.3, 0.4) is 0 Å². The summed E-state index contributed by atoms with van der Waals surface area (Å²) in [5.74, 6) is 0.876. The van der Waals surface area contributed by atoms with Crippen LogP contribution < -0.4 is 0 Å². The molecule has 2 aromatic heterocycles. The van der Waals surface area contributed by atoms with E-state index in [1.54, 1.807) is 18.5 Å². The number of aldehydes is 1. The SMILES string of the molecule is Cc1occc1Sc1ccc(C=O)cn1. The molecule has 76 valence electrons. The van der Waals surface area contributed by atoms with Gasteiger partial charge < -0.3 is 4.42 Å². The van der Waals surface area contributed by atoms with E-state index >= 15 is 0 Å². The molecule has 0 fully saturated rings. The van der Waals surface area contributed by atoms with Crippen LogP contribution in [0, 0.1) is 6.92 Å². The van der Waals surface area contributed by atoms with Gasteiger partial charge in [0, 0.05) is 11.8 Å². The van der Waals surface area contributed by atoms with Crippen LogP contribution in [0.2, 0.25) is 0 Å². The Hall–Kier alpha value is -1.55. The van der Waals surface area contributed by atoms with Crippen molar-refractivity contribution in [2.24, 2.45) is 0 Å². The van der Waals surface area contributed by atoms with Gasteiger partial charge in [0.15, 0.2) is 6.29 Å². The van der Waals surface area contributed by atoms with Crippen molar-refractivity contribution in [2.75, 3.05) is 0 Å². The van der Waals surface area contributed by atoms with Gasteiger partial charge in [-0.15, -0.1) is 0 Å². The lowest BCUT2D eigenvalue weighted by Crippen LogP contribution is -1.84. The maximum Gasteiger partial charge on any atom is 0.151 e. The summed E-state index contributed by atoms with van der Waals surface area (Å²) in [5.41, 5.74) is 0.586. The minimum atomic E-state index is 0.586. The Bertz CT molecular complexity index is 462. The van der Waals surface area contributed by atoms with Crippen molar-refractivity contribution in [1.29, 1.82) is 0 Å². The van der Waals surface area contributed by atoms with Crippen molar-refractivity contribution in [2.45, 2.75) is 16.8 Å². The molecule has 0 amide bonds. The van der Waals surface area contributed by atoms with E-state index in [9.17, 15) is 4.79 Å². The van der Waals surface area contributed by atoms with Gasteiger partial charge in [0.05, 0.1) is 11.2 Å². The van der Waals surface area contributed by atoms with Crippen molar-refractivity contribution >= 4 is 18.0 Å². The van der Waals surface area contributed by atoms with Gasteiger partial charge in [-0.25, -0.2) is 4.98 Å². The van der Waals surface area contributed by atoms with Crippen LogP contribution in [0.25, 0.3) is 0 Å². The summed E-state index contributed by atoms with van der Waals surface area (Å²) in [4.78, 5) is 15.6. The Morgan fingerprint density at radius 3 is 2.80 bits per heavy atom. The molecular weight excluding hydrogens is 210 g/mol. The predicted molar refractivity (Wildman–Crippen MR) is 57.2 cm³/mol. The standard InChI is InChI=1S/C11H9NO2S/c1-8-10(4-5-14-8)15-11-3-2-9(7-13)6-12-11/h2-7H,1H3. The van der Waals surface area contributed by atoms with Gasteiger partial charge in [-0.05, 0) is 25.1 Å². The van der Waals surface area contributed by atoms with Crippen LogP contribution >= 0.6 is 11.8 Å². The number of aryl methyl sites for hydroxylation is 1. The average Bonchev–Trinajstić information content (AvgIpc) is 2.66. The molecule has 0 aliphatic carbocycles. The summed E-state index contributed by atoms with van der Waals surface area (Å²) >= 11 is 1.52. The third-order valence-electron chi connectivity index (χ3n) is 1.92. The molecule has 0 aliphatic heterocycles. The van der Waals surface area contributed by atoms with Crippen molar-refractivity contribution in [1.82, 2.24) is 4.98 Å². The van der Waals surface area contributed by atoms with Crippen molar-refractivity contribution < 1.29 is 9.21 Å². The molecule has 2 heterocycles. The maximum atomic E-state index is 10.4. The van der Waals surface area contributed by atoms with E-state index in [0.717, 1.165) is 22.0 Å². The molecule has 0 aliphatic rings. The van der Waals surface area contributed by atoms with Crippen LogP contribution in [-0.2, 0) is 0 Å². The number of pyridine rings is 1. The monoisotopic (exact) mass is 219 g/mol. The van der Waals surface area contributed by atoms with E-state index in [1.165, 1.54) is 11.8 Å². The van der Waals surface area contributed by atoms with Gasteiger partial charge >= 0.3 is 0 Å². The Morgan fingerprint density at radius 1 is 1.40 bits per heavy atom. The molecule has 0 saturated heterocycles. The van der Waals surface area contributed by atoms with Crippen molar-refractivity contribution in [3.05, 3.63) is 42.0 Å². The van der Waals surface area contributed by atoms with Gasteiger partial charge in [0.2, 0.25) is 0 Å². The van der Waals surface area contributed by atoms with Crippen molar-refractivity contribution in [3.8, 4) is 0 Å². The first-order valence-electron chi connectivity index (χ1n) is 4.43. The number of carbonyl (C=O) groups excluding carboxylic acids is 1. The topological polar surface area (TPSA) is 43.1 Å². The average molecular weight is 219 g/mol. The van der Waals surface area contributed by atoms with Crippen LogP contribution in [0.5, 0.6) is 0 Å². The minimum Gasteiger partial charge on any atom is -0.468 e. The number of carbonyl (C=O) groups is 1. The van der Waals surface area contributed by atoms with Crippen molar-refractivity contribution in [3.63, 3.8) is 0 Å². The van der Waals surface area contributed by atoms with E-state index in [1.807, 2.05) is 19.1 Å². The minimum absolute atomic E-state index is 0.586. The Balaban J connectivity index is 2.18. The lowest BCUT2D eigenvalue weighted by molar-refractivity contribution is 0.112. The molecule has 2 rings (SSSR count). The molecule has 0 aromatic carbocycles. The number of hydrogen-bond donors (Lipinski definition) is 0. The van der Waals surface area contributed by atoms with Crippen LogP contribution in [-0.4, -0.2) is 11.3 Å². The van der Waals surface area contributed by atoms with Gasteiger partial charge in [-0.2, -0.15) is 0 Å². The van der Waals surface area contributed by atoms with E-state index < -0.39 is 0 Å². The zero-order valence-electron chi connectivity index (χ0n) is 8.14. The lowest BCUT2D eigenvalue weighted by atomic mass is 10.3. The normalized spacial score (nSPS) is 10.2. The molecule has 15 heavy (non-hydrogen) atoms. The second-order valence-corrected chi connectivity index (χ2v) is 4.05. The summed E-state index contributed by atoms with van der Waals surface area (Å²) in [5, 5.41) is 0.852. The fourth-order valence-electron chi connectivity index (χ4n) is 1.11. The summed E-state index contributed by atoms with van der Waals surface area (Å²) in [6.07, 6.45) is 3.99. The Labute approximate surface area is 91.5 Å². The first kappa shape index (κ1) is 9.98. The van der Waals surface area contributed by atoms with Gasteiger partial charge in [-0.3, -0.25) is 4.79 Å². The van der Waals surface area contributed by atoms with E-state index in [-0.39, 0.29) is 0 Å². The first-order chi connectivity index (χ1) is 7.29. The Kier molecular flexibility index (Phi) is 2.87. The van der Waals surface area contributed by atoms with Crippen LogP contribution in [0.1, 0.15) is 16.1 Å². The quantitative estimate of drug-likeness (QED) is 0.744. The van der Waals surface area contributed by atoms with Gasteiger partial charge in [0.25, 0.3) is 0 Å². The fraction of sp³-hybridized carbons (Fsp3) is 0.0909. The van der Waals surface area contributed by atoms with Crippen LogP contribution in [0.15, 0.2) is 45.0 Å². The zero-order chi connectivity index (χ0) is 10.7. The summed E-state index contributed by atoms with van der Waals surface area (Å²) in [6.45, 7) is 1.90. The van der Waals surface area contributed by atoms with Crippen LogP contribution in [0.4, 0.5) is 0 Å². The summed E-state index contributed by atoms with van der Waals surface area (Å²) < 4.78 is 5.18. The third-order valence-corrected chi connectivity index (χ3v) is 3.02. The maximum absolute atomic E-state index is 10.4. The Morgan fingerprint density at radius 2 is 2.27 bits per heavy atom. The highest BCUT2D eigenvalue weighted by atomic mass is 32.2. The number of aromatic nitrogens is 1. The highest BCUT2D eigenvalue weighted by molar-refractivity contribution is 7.99. The molecule has 0 unspecified atom stereocenters. The molecule has 0 atom stereocenters. The predicted octanol–water partition coefficient (Wildman–Crippen LogP) is 2.95. The molecule has 0 radical (unpaired) electrons. The van der Waals surface area contributed by atoms with E-state index in [0.29, 0.717) is 5.56 Å². The third kappa shape index (κ3) is 2.27. The highest BCUT2D eigenvalue weighted by Gasteiger charge is 2.04. The lowest BCUT2D eigenvalue weighted by Gasteiger charge is -1.98. The van der Waals surface area contributed by atoms with Gasteiger partial charge in [0.1, 0.15) is 10.8 Å². The molecular formula is C11H9NO2S. The molecule has 4 heteroatoms. The largest absolute Gasteiger partial charge is 0.468 e. The van der Waals surface area contributed by atoms with E-state index in [2.05, 4.69) is 4.98 Å². The second kappa shape index (κ2) is 4.31. The smallest absolute Gasteiger partial charge is 0.151 e. The summed E-state index contributed by atoms with van der Waals surface area (Å²) in [6, 6.07) is 5.47. The number of rotatable bonds is 3. The number of nitrogens with zero attached hydrogens (tertiary/aromatic N) is 1. The highest BCUT2D eigenvalue weighted by Crippen LogP contribution is 2.29. The second-order valence-electron chi connectivity index (χ2n) is 2.99. The number of furan rings is 1. The van der Waals surface area contributed by atoms with E-state index in [4.69, 9.17) is 4.42 Å². The molecule has 0 N–H and O–H groups in total. The summed E-state index contributed by atoms with van der Waals surface area (Å²) in [7, 11) is 0. The molecule has 0 saturated carbocycles. The molecule has 2 aromatic rings. The molecule has 3 nitrogen and oxygen atoms in total. The molecule has 0 spiro atoms. The van der Waals surface area contributed by atoms with Gasteiger partial charge in [-0.1, -0.05) is 11.8 Å². The molecule has 0 bridgehead atoms. The fourth-order valence-corrected chi connectivity index (χ4v) is 1.90.